The fraction of sp³-hybridized carbons (Fsp3) is 0.455. The summed E-state index contributed by atoms with van der Waals surface area (Å²) in [7, 11) is -3.55. The monoisotopic (exact) mass is 258 g/mol. The normalized spacial score (nSPS) is 13.5. The topological polar surface area (TPSA) is 92.4 Å². The molecule has 0 aromatic heterocycles. The number of aromatic hydroxyl groups is 1. The Kier molecular flexibility index (Phi) is 4.36. The molecule has 0 saturated heterocycles. The lowest BCUT2D eigenvalue weighted by atomic mass is 10.1. The Labute approximate surface area is 102 Å². The Morgan fingerprint density at radius 2 is 2.12 bits per heavy atom. The number of phenols is 1. The number of anilines is 1. The van der Waals surface area contributed by atoms with Gasteiger partial charge in [-0.15, -0.1) is 0 Å². The molecule has 0 radical (unpaired) electrons. The molecule has 0 amide bonds. The van der Waals surface area contributed by atoms with Gasteiger partial charge in [-0.25, -0.2) is 13.1 Å². The molecule has 0 spiro atoms. The van der Waals surface area contributed by atoms with Crippen molar-refractivity contribution < 1.29 is 13.5 Å². The number of nitrogens with two attached hydrogens (primary N) is 1. The maximum absolute atomic E-state index is 11.9. The Balaban J connectivity index is 2.86. The van der Waals surface area contributed by atoms with Crippen molar-refractivity contribution in [1.82, 2.24) is 4.72 Å². The molecular formula is C11H18N2O3S. The van der Waals surface area contributed by atoms with Crippen molar-refractivity contribution in [3.63, 3.8) is 0 Å². The maximum Gasteiger partial charge on any atom is 0.240 e. The van der Waals surface area contributed by atoms with Crippen LogP contribution in [0.5, 0.6) is 5.75 Å². The highest BCUT2D eigenvalue weighted by Crippen LogP contribution is 2.23. The summed E-state index contributed by atoms with van der Waals surface area (Å²) in [4.78, 5) is 0.0658. The second-order valence-electron chi connectivity index (χ2n) is 4.09. The first kappa shape index (κ1) is 13.8. The van der Waals surface area contributed by atoms with Crippen molar-refractivity contribution in [3.05, 3.63) is 18.2 Å². The number of nitrogen functional groups attached to an aromatic ring is 1. The van der Waals surface area contributed by atoms with Crippen LogP contribution in [-0.2, 0) is 10.0 Å². The van der Waals surface area contributed by atoms with E-state index in [1.54, 1.807) is 0 Å². The molecule has 96 valence electrons. The minimum Gasteiger partial charge on any atom is -0.506 e. The van der Waals surface area contributed by atoms with E-state index in [9.17, 15) is 13.5 Å². The molecule has 0 aliphatic rings. The summed E-state index contributed by atoms with van der Waals surface area (Å²) in [6, 6.07) is 3.84. The highest BCUT2D eigenvalue weighted by atomic mass is 32.2. The molecule has 1 aromatic rings. The van der Waals surface area contributed by atoms with Crippen molar-refractivity contribution in [2.24, 2.45) is 5.92 Å². The Bertz CT molecular complexity index is 485. The molecule has 17 heavy (non-hydrogen) atoms. The fourth-order valence-corrected chi connectivity index (χ4v) is 2.38. The fourth-order valence-electron chi connectivity index (χ4n) is 1.18. The van der Waals surface area contributed by atoms with Crippen LogP contribution in [0.2, 0.25) is 0 Å². The van der Waals surface area contributed by atoms with Gasteiger partial charge in [0.1, 0.15) is 5.75 Å². The molecule has 1 atom stereocenters. The summed E-state index contributed by atoms with van der Waals surface area (Å²) in [6.45, 7) is 4.35. The molecule has 0 bridgehead atoms. The van der Waals surface area contributed by atoms with E-state index < -0.39 is 10.0 Å². The predicted molar refractivity (Wildman–Crippen MR) is 67.2 cm³/mol. The zero-order chi connectivity index (χ0) is 13.1. The zero-order valence-corrected chi connectivity index (χ0v) is 10.8. The van der Waals surface area contributed by atoms with Gasteiger partial charge < -0.3 is 10.8 Å². The summed E-state index contributed by atoms with van der Waals surface area (Å²) in [5.41, 5.74) is 5.51. The third kappa shape index (κ3) is 3.61. The van der Waals surface area contributed by atoms with Gasteiger partial charge in [0, 0.05) is 6.54 Å². The SMILES string of the molecule is CCC(C)CNS(=O)(=O)c1ccc(O)c(N)c1. The molecule has 5 nitrogen and oxygen atoms in total. The van der Waals surface area contributed by atoms with Crippen LogP contribution in [0.3, 0.4) is 0 Å². The molecule has 0 fully saturated rings. The van der Waals surface area contributed by atoms with Gasteiger partial charge in [-0.2, -0.15) is 0 Å². The highest BCUT2D eigenvalue weighted by molar-refractivity contribution is 7.89. The van der Waals surface area contributed by atoms with Crippen molar-refractivity contribution in [2.45, 2.75) is 25.2 Å². The Morgan fingerprint density at radius 1 is 1.47 bits per heavy atom. The predicted octanol–water partition coefficient (Wildman–Crippen LogP) is 1.30. The van der Waals surface area contributed by atoms with Crippen LogP contribution in [0, 0.1) is 5.92 Å². The molecule has 0 saturated carbocycles. The van der Waals surface area contributed by atoms with Gasteiger partial charge >= 0.3 is 0 Å². The second-order valence-corrected chi connectivity index (χ2v) is 5.85. The molecule has 4 N–H and O–H groups in total. The summed E-state index contributed by atoms with van der Waals surface area (Å²) >= 11 is 0. The molecule has 0 aliphatic carbocycles. The van der Waals surface area contributed by atoms with E-state index in [4.69, 9.17) is 5.73 Å². The smallest absolute Gasteiger partial charge is 0.240 e. The minimum absolute atomic E-state index is 0.0522. The van der Waals surface area contributed by atoms with Crippen LogP contribution >= 0.6 is 0 Å². The van der Waals surface area contributed by atoms with Crippen molar-refractivity contribution in [2.75, 3.05) is 12.3 Å². The first-order valence-electron chi connectivity index (χ1n) is 5.45. The van der Waals surface area contributed by atoms with E-state index in [2.05, 4.69) is 4.72 Å². The standard InChI is InChI=1S/C11H18N2O3S/c1-3-8(2)7-13-17(15,16)9-4-5-11(14)10(12)6-9/h4-6,8,13-14H,3,7,12H2,1-2H3. The number of rotatable bonds is 5. The van der Waals surface area contributed by atoms with E-state index >= 15 is 0 Å². The number of hydrogen-bond donors (Lipinski definition) is 3. The summed E-state index contributed by atoms with van der Waals surface area (Å²) in [5.74, 6) is 0.158. The van der Waals surface area contributed by atoms with Crippen LogP contribution in [-0.4, -0.2) is 20.1 Å². The van der Waals surface area contributed by atoms with Crippen LogP contribution in [0.4, 0.5) is 5.69 Å². The number of hydrogen-bond acceptors (Lipinski definition) is 4. The molecule has 1 aromatic carbocycles. The maximum atomic E-state index is 11.9. The summed E-state index contributed by atoms with van der Waals surface area (Å²) in [5, 5.41) is 9.23. The van der Waals surface area contributed by atoms with Gasteiger partial charge in [-0.1, -0.05) is 20.3 Å². The first-order valence-corrected chi connectivity index (χ1v) is 6.93. The van der Waals surface area contributed by atoms with Gasteiger partial charge in [0.05, 0.1) is 10.6 Å². The Hall–Kier alpha value is -1.27. The molecular weight excluding hydrogens is 240 g/mol. The van der Waals surface area contributed by atoms with Gasteiger partial charge in [0.2, 0.25) is 10.0 Å². The van der Waals surface area contributed by atoms with Crippen molar-refractivity contribution >= 4 is 15.7 Å². The van der Waals surface area contributed by atoms with Crippen LogP contribution in [0.1, 0.15) is 20.3 Å². The lowest BCUT2D eigenvalue weighted by molar-refractivity contribution is 0.477. The summed E-state index contributed by atoms with van der Waals surface area (Å²) < 4.78 is 26.2. The van der Waals surface area contributed by atoms with E-state index in [1.165, 1.54) is 18.2 Å². The lowest BCUT2D eigenvalue weighted by Crippen LogP contribution is -2.28. The number of sulfonamides is 1. The second kappa shape index (κ2) is 5.37. The van der Waals surface area contributed by atoms with E-state index in [0.717, 1.165) is 6.42 Å². The highest BCUT2D eigenvalue weighted by Gasteiger charge is 2.15. The van der Waals surface area contributed by atoms with Gasteiger partial charge in [-0.05, 0) is 24.1 Å². The number of phenolic OH excluding ortho intramolecular Hbond substituents is 1. The first-order chi connectivity index (χ1) is 7.86. The van der Waals surface area contributed by atoms with E-state index in [1.807, 2.05) is 13.8 Å². The third-order valence-electron chi connectivity index (χ3n) is 2.63. The molecule has 1 rings (SSSR count). The number of benzene rings is 1. The quantitative estimate of drug-likeness (QED) is 0.548. The zero-order valence-electron chi connectivity index (χ0n) is 9.97. The van der Waals surface area contributed by atoms with Gasteiger partial charge in [0.25, 0.3) is 0 Å². The number of nitrogens with one attached hydrogen (secondary N) is 1. The molecule has 0 aliphatic heterocycles. The Morgan fingerprint density at radius 3 is 2.65 bits per heavy atom. The molecule has 1 unspecified atom stereocenters. The minimum atomic E-state index is -3.55. The summed E-state index contributed by atoms with van der Waals surface area (Å²) in [6.07, 6.45) is 0.903. The van der Waals surface area contributed by atoms with Crippen LogP contribution in [0.25, 0.3) is 0 Å². The average Bonchev–Trinajstić information content (AvgIpc) is 2.29. The third-order valence-corrected chi connectivity index (χ3v) is 4.05. The van der Waals surface area contributed by atoms with Crippen molar-refractivity contribution in [3.8, 4) is 5.75 Å². The largest absolute Gasteiger partial charge is 0.506 e. The lowest BCUT2D eigenvalue weighted by Gasteiger charge is -2.11. The van der Waals surface area contributed by atoms with E-state index in [-0.39, 0.29) is 22.3 Å². The average molecular weight is 258 g/mol. The van der Waals surface area contributed by atoms with Crippen LogP contribution < -0.4 is 10.5 Å². The van der Waals surface area contributed by atoms with Crippen molar-refractivity contribution in [1.29, 1.82) is 0 Å². The van der Waals surface area contributed by atoms with Crippen LogP contribution in [0.15, 0.2) is 23.1 Å². The van der Waals surface area contributed by atoms with Gasteiger partial charge in [-0.3, -0.25) is 0 Å². The van der Waals surface area contributed by atoms with E-state index in [0.29, 0.717) is 6.54 Å². The molecule has 6 heteroatoms. The van der Waals surface area contributed by atoms with Gasteiger partial charge in [0.15, 0.2) is 0 Å². The molecule has 0 heterocycles.